The summed E-state index contributed by atoms with van der Waals surface area (Å²) in [5, 5.41) is 8.76. The summed E-state index contributed by atoms with van der Waals surface area (Å²) in [5.74, 6) is 0. The molecule has 1 aromatic rings. The molecule has 0 N–H and O–H groups in total. The summed E-state index contributed by atoms with van der Waals surface area (Å²) in [6.07, 6.45) is 0. The van der Waals surface area contributed by atoms with E-state index in [0.717, 1.165) is 4.47 Å². The second-order valence-corrected chi connectivity index (χ2v) is 4.15. The van der Waals surface area contributed by atoms with Crippen LogP contribution in [-0.2, 0) is 0 Å². The minimum Gasteiger partial charge on any atom is -0.280 e. The van der Waals surface area contributed by atoms with Crippen LogP contribution in [0.1, 0.15) is 11.6 Å². The fourth-order valence-corrected chi connectivity index (χ4v) is 1.84. The van der Waals surface area contributed by atoms with Gasteiger partial charge in [-0.3, -0.25) is 4.90 Å². The Bertz CT molecular complexity index is 352. The molecule has 0 radical (unpaired) electrons. The molecule has 0 spiro atoms. The van der Waals surface area contributed by atoms with Gasteiger partial charge in [0.25, 0.3) is 0 Å². The van der Waals surface area contributed by atoms with Crippen molar-refractivity contribution in [2.45, 2.75) is 12.1 Å². The van der Waals surface area contributed by atoms with Gasteiger partial charge in [-0.05, 0) is 24.7 Å². The molecule has 1 unspecified atom stereocenters. The Labute approximate surface area is 85.9 Å². The molecule has 2 rings (SSSR count). The Morgan fingerprint density at radius 2 is 2.00 bits per heavy atom. The molecular weight excluding hydrogens is 228 g/mol. The highest BCUT2D eigenvalue weighted by Crippen LogP contribution is 2.40. The van der Waals surface area contributed by atoms with Crippen molar-refractivity contribution in [1.82, 2.24) is 4.90 Å². The van der Waals surface area contributed by atoms with Gasteiger partial charge in [0.1, 0.15) is 6.04 Å². The summed E-state index contributed by atoms with van der Waals surface area (Å²) < 4.78 is 1.08. The molecule has 13 heavy (non-hydrogen) atoms. The van der Waals surface area contributed by atoms with Crippen LogP contribution in [0.3, 0.4) is 0 Å². The molecule has 2 nitrogen and oxygen atoms in total. The molecule has 0 aliphatic carbocycles. The summed E-state index contributed by atoms with van der Waals surface area (Å²) in [4.78, 5) is 2.06. The lowest BCUT2D eigenvalue weighted by Crippen LogP contribution is -1.87. The molecule has 0 bridgehead atoms. The van der Waals surface area contributed by atoms with Crippen LogP contribution < -0.4 is 0 Å². The molecule has 1 saturated heterocycles. The largest absolute Gasteiger partial charge is 0.280 e. The van der Waals surface area contributed by atoms with Crippen molar-refractivity contribution >= 4 is 15.9 Å². The topological polar surface area (TPSA) is 26.8 Å². The summed E-state index contributed by atoms with van der Waals surface area (Å²) >= 11 is 3.38. The molecule has 1 aliphatic heterocycles. The van der Waals surface area contributed by atoms with Crippen LogP contribution in [0.2, 0.25) is 0 Å². The molecule has 1 aromatic carbocycles. The first-order valence-corrected chi connectivity index (χ1v) is 4.90. The minimum atomic E-state index is 0.0705. The highest BCUT2D eigenvalue weighted by Gasteiger charge is 2.45. The lowest BCUT2D eigenvalue weighted by molar-refractivity contribution is 0.614. The maximum Gasteiger partial charge on any atom is 0.118 e. The molecule has 66 valence electrons. The average Bonchev–Trinajstić information content (AvgIpc) is 2.78. The molecule has 0 saturated carbocycles. The number of nitriles is 1. The first kappa shape index (κ1) is 8.74. The number of hydrogen-bond acceptors (Lipinski definition) is 2. The third kappa shape index (κ3) is 1.48. The van der Waals surface area contributed by atoms with Crippen molar-refractivity contribution in [2.24, 2.45) is 0 Å². The molecule has 0 aromatic heterocycles. The van der Waals surface area contributed by atoms with Gasteiger partial charge in [-0.25, -0.2) is 0 Å². The summed E-state index contributed by atoms with van der Waals surface area (Å²) in [5.41, 5.74) is 1.22. The van der Waals surface area contributed by atoms with Crippen molar-refractivity contribution in [3.63, 3.8) is 0 Å². The summed E-state index contributed by atoms with van der Waals surface area (Å²) in [7, 11) is 1.97. The standard InChI is InChI=1S/C10H9BrN2/c1-13-9(6-12)10(13)7-2-4-8(11)5-3-7/h2-5,9-10H,1H3/t9-,10-,13?/m0/s1. The molecule has 1 aliphatic rings. The van der Waals surface area contributed by atoms with E-state index < -0.39 is 0 Å². The number of benzene rings is 1. The van der Waals surface area contributed by atoms with Gasteiger partial charge in [0.05, 0.1) is 12.1 Å². The number of halogens is 1. The Balaban J connectivity index is 2.21. The van der Waals surface area contributed by atoms with Gasteiger partial charge < -0.3 is 0 Å². The zero-order chi connectivity index (χ0) is 9.42. The smallest absolute Gasteiger partial charge is 0.118 e. The first-order valence-electron chi connectivity index (χ1n) is 4.11. The second kappa shape index (κ2) is 3.13. The van der Waals surface area contributed by atoms with E-state index in [1.54, 1.807) is 0 Å². The van der Waals surface area contributed by atoms with Gasteiger partial charge in [0, 0.05) is 4.47 Å². The van der Waals surface area contributed by atoms with Crippen LogP contribution in [0.4, 0.5) is 0 Å². The first-order chi connectivity index (χ1) is 6.24. The SMILES string of the molecule is CN1[C@@H](C#N)[C@@H]1c1ccc(Br)cc1. The zero-order valence-electron chi connectivity index (χ0n) is 7.24. The van der Waals surface area contributed by atoms with E-state index in [0.29, 0.717) is 6.04 Å². The third-order valence-electron chi connectivity index (χ3n) is 2.43. The van der Waals surface area contributed by atoms with E-state index in [2.05, 4.69) is 39.0 Å². The molecule has 3 atom stereocenters. The maximum absolute atomic E-state index is 8.76. The van der Waals surface area contributed by atoms with E-state index >= 15 is 0 Å². The van der Waals surface area contributed by atoms with Crippen LogP contribution in [0.25, 0.3) is 0 Å². The maximum atomic E-state index is 8.76. The quantitative estimate of drug-likeness (QED) is 0.701. The van der Waals surface area contributed by atoms with Crippen molar-refractivity contribution in [3.05, 3.63) is 34.3 Å². The molecule has 1 heterocycles. The Kier molecular flexibility index (Phi) is 2.10. The fraction of sp³-hybridized carbons (Fsp3) is 0.300. The number of likely N-dealkylation sites (N-methyl/N-ethyl adjacent to an activating group) is 1. The lowest BCUT2D eigenvalue weighted by Gasteiger charge is -1.97. The van der Waals surface area contributed by atoms with Crippen LogP contribution in [0.15, 0.2) is 28.7 Å². The van der Waals surface area contributed by atoms with E-state index in [-0.39, 0.29) is 6.04 Å². The number of hydrogen-bond donors (Lipinski definition) is 0. The van der Waals surface area contributed by atoms with E-state index in [9.17, 15) is 0 Å². The normalized spacial score (nSPS) is 31.0. The van der Waals surface area contributed by atoms with Gasteiger partial charge in [0.15, 0.2) is 0 Å². The molecule has 0 amide bonds. The number of rotatable bonds is 1. The van der Waals surface area contributed by atoms with E-state index in [1.165, 1.54) is 5.56 Å². The van der Waals surface area contributed by atoms with E-state index in [1.807, 2.05) is 19.2 Å². The van der Waals surface area contributed by atoms with Crippen molar-refractivity contribution in [2.75, 3.05) is 7.05 Å². The Morgan fingerprint density at radius 1 is 1.38 bits per heavy atom. The second-order valence-electron chi connectivity index (χ2n) is 3.24. The van der Waals surface area contributed by atoms with Gasteiger partial charge in [-0.2, -0.15) is 5.26 Å². The highest BCUT2D eigenvalue weighted by atomic mass is 79.9. The monoisotopic (exact) mass is 236 g/mol. The minimum absolute atomic E-state index is 0.0705. The Hall–Kier alpha value is -0.850. The number of nitrogens with zero attached hydrogens (tertiary/aromatic N) is 2. The Morgan fingerprint density at radius 3 is 2.46 bits per heavy atom. The molecule has 3 heteroatoms. The van der Waals surface area contributed by atoms with Crippen molar-refractivity contribution in [3.8, 4) is 6.07 Å². The van der Waals surface area contributed by atoms with Crippen molar-refractivity contribution in [1.29, 1.82) is 5.26 Å². The lowest BCUT2D eigenvalue weighted by atomic mass is 10.1. The third-order valence-corrected chi connectivity index (χ3v) is 2.96. The predicted molar refractivity (Wildman–Crippen MR) is 54.0 cm³/mol. The van der Waals surface area contributed by atoms with Crippen LogP contribution >= 0.6 is 15.9 Å². The zero-order valence-corrected chi connectivity index (χ0v) is 8.82. The highest BCUT2D eigenvalue weighted by molar-refractivity contribution is 9.10. The average molecular weight is 237 g/mol. The van der Waals surface area contributed by atoms with Gasteiger partial charge >= 0.3 is 0 Å². The van der Waals surface area contributed by atoms with Crippen LogP contribution in [0, 0.1) is 11.3 Å². The van der Waals surface area contributed by atoms with Gasteiger partial charge in [-0.1, -0.05) is 28.1 Å². The predicted octanol–water partition coefficient (Wildman–Crippen LogP) is 2.33. The van der Waals surface area contributed by atoms with E-state index in [4.69, 9.17) is 5.26 Å². The summed E-state index contributed by atoms with van der Waals surface area (Å²) in [6.45, 7) is 0. The van der Waals surface area contributed by atoms with Crippen LogP contribution in [-0.4, -0.2) is 18.0 Å². The van der Waals surface area contributed by atoms with Crippen LogP contribution in [0.5, 0.6) is 0 Å². The summed E-state index contributed by atoms with van der Waals surface area (Å²) in [6, 6.07) is 10.8. The van der Waals surface area contributed by atoms with Gasteiger partial charge in [0.2, 0.25) is 0 Å². The molecular formula is C10H9BrN2. The molecule has 1 fully saturated rings. The van der Waals surface area contributed by atoms with Gasteiger partial charge in [-0.15, -0.1) is 0 Å². The fourth-order valence-electron chi connectivity index (χ4n) is 1.58. The van der Waals surface area contributed by atoms with Crippen molar-refractivity contribution < 1.29 is 0 Å².